The zero-order valence-electron chi connectivity index (χ0n) is 10.3. The molecule has 1 aromatic heterocycles. The van der Waals surface area contributed by atoms with Gasteiger partial charge < -0.3 is 0 Å². The van der Waals surface area contributed by atoms with E-state index in [1.54, 1.807) is 0 Å². The molecule has 0 radical (unpaired) electrons. The maximum absolute atomic E-state index is 2.34. The Morgan fingerprint density at radius 2 is 1.94 bits per heavy atom. The molecule has 0 bridgehead atoms. The zero-order valence-corrected chi connectivity index (χ0v) is 16.9. The van der Waals surface area contributed by atoms with E-state index in [9.17, 15) is 0 Å². The minimum Gasteiger partial charge on any atom is -0.185 e. The van der Waals surface area contributed by atoms with Crippen LogP contribution in [-0.4, -0.2) is 16.5 Å². The van der Waals surface area contributed by atoms with Crippen molar-refractivity contribution in [1.82, 2.24) is 10.5 Å². The third-order valence-electron chi connectivity index (χ3n) is 2.82. The zero-order chi connectivity index (χ0) is 13.0. The summed E-state index contributed by atoms with van der Waals surface area (Å²) < 4.78 is 7.87. The Labute approximate surface area is 142 Å². The van der Waals surface area contributed by atoms with E-state index in [1.807, 2.05) is 0 Å². The maximum atomic E-state index is 2.34. The van der Waals surface area contributed by atoms with Gasteiger partial charge in [-0.2, -0.15) is 1.33 Å². The third-order valence-corrected chi connectivity index (χ3v) is 5.79. The summed E-state index contributed by atoms with van der Waals surface area (Å²) >= 11 is 7.00. The van der Waals surface area contributed by atoms with Gasteiger partial charge in [0.25, 0.3) is 0 Å². The van der Waals surface area contributed by atoms with Crippen molar-refractivity contribution in [1.29, 1.82) is 0 Å². The van der Waals surface area contributed by atoms with Crippen LogP contribution in [-0.2, 0) is 26.4 Å². The van der Waals surface area contributed by atoms with Crippen LogP contribution in [0, 0.1) is 3.80 Å². The average molecular weight is 642 g/mol. The summed E-state index contributed by atoms with van der Waals surface area (Å²) in [5.41, 5.74) is 0. The molecule has 0 saturated heterocycles. The number of aromatic nitrogens is 2. The Bertz CT molecular complexity index is 394. The molecule has 3 nitrogen and oxygen atoms in total. The average Bonchev–Trinajstić information content (AvgIpc) is 2.44. The SMILES string of the molecule is CC(C)n1ccn(C)[c]1=[Pt].IN(I)C1CCC1. The van der Waals surface area contributed by atoms with Gasteiger partial charge in [-0.05, 0) is 12.8 Å². The standard InChI is InChI=1S/C7H12N2.C4H7I2N.Pt/c1-7(2)9-5-4-8(3)6-9;5-7(6)4-2-1-3-4;/h4-5,7H,1-3H3;4H,1-3H2;. The fourth-order valence-electron chi connectivity index (χ4n) is 1.42. The van der Waals surface area contributed by atoms with E-state index in [1.165, 1.54) is 23.1 Å². The quantitative estimate of drug-likeness (QED) is 0.351. The molecular weight excluding hydrogens is 623 g/mol. The summed E-state index contributed by atoms with van der Waals surface area (Å²) in [6.07, 6.45) is 8.43. The molecule has 0 spiro atoms. The van der Waals surface area contributed by atoms with E-state index in [-0.39, 0.29) is 0 Å². The number of hydrogen-bond acceptors (Lipinski definition) is 1. The van der Waals surface area contributed by atoms with Gasteiger partial charge in [0, 0.05) is 51.8 Å². The molecule has 6 heteroatoms. The van der Waals surface area contributed by atoms with Crippen LogP contribution in [0.2, 0.25) is 0 Å². The summed E-state index contributed by atoms with van der Waals surface area (Å²) in [7, 11) is 2.06. The molecule has 1 aromatic rings. The van der Waals surface area contributed by atoms with Crippen LogP contribution >= 0.6 is 45.7 Å². The molecule has 0 aliphatic heterocycles. The molecule has 1 heterocycles. The van der Waals surface area contributed by atoms with Gasteiger partial charge in [0.1, 0.15) is 0 Å². The summed E-state index contributed by atoms with van der Waals surface area (Å²) in [6, 6.07) is 1.45. The smallest absolute Gasteiger partial charge is 0.0311 e. The first kappa shape index (κ1) is 16.4. The van der Waals surface area contributed by atoms with E-state index in [2.05, 4.69) is 109 Å². The summed E-state index contributed by atoms with van der Waals surface area (Å²) in [5, 5.41) is 0. The predicted molar refractivity (Wildman–Crippen MR) is 84.5 cm³/mol. The van der Waals surface area contributed by atoms with Crippen molar-refractivity contribution in [3.8, 4) is 0 Å². The van der Waals surface area contributed by atoms with Crippen molar-refractivity contribution in [2.24, 2.45) is 7.05 Å². The Kier molecular flexibility index (Phi) is 7.51. The topological polar surface area (TPSA) is 13.1 Å². The summed E-state index contributed by atoms with van der Waals surface area (Å²) in [6.45, 7) is 4.37. The molecule has 1 saturated carbocycles. The van der Waals surface area contributed by atoms with Crippen LogP contribution < -0.4 is 0 Å². The molecule has 0 atom stereocenters. The van der Waals surface area contributed by atoms with Gasteiger partial charge >= 0.3 is 71.6 Å². The van der Waals surface area contributed by atoms with Crippen molar-refractivity contribution in [3.05, 3.63) is 16.2 Å². The van der Waals surface area contributed by atoms with E-state index in [0.717, 1.165) is 6.04 Å². The number of nitrogens with zero attached hydrogens (tertiary/aromatic N) is 3. The minimum atomic E-state index is 0.564. The molecule has 0 amide bonds. The monoisotopic (exact) mass is 642 g/mol. The van der Waals surface area contributed by atoms with Crippen molar-refractivity contribution in [2.75, 3.05) is 0 Å². The maximum Gasteiger partial charge on any atom is 0.0311 e. The molecule has 17 heavy (non-hydrogen) atoms. The number of rotatable bonds is 2. The van der Waals surface area contributed by atoms with Gasteiger partial charge in [0.2, 0.25) is 0 Å². The van der Waals surface area contributed by atoms with Crippen LogP contribution in [0.5, 0.6) is 0 Å². The molecule has 0 N–H and O–H groups in total. The number of halogens is 2. The Morgan fingerprint density at radius 3 is 2.06 bits per heavy atom. The van der Waals surface area contributed by atoms with Crippen molar-refractivity contribution >= 4 is 45.7 Å². The van der Waals surface area contributed by atoms with Crippen molar-refractivity contribution < 1.29 is 19.4 Å². The van der Waals surface area contributed by atoms with Crippen LogP contribution in [0.25, 0.3) is 0 Å². The molecule has 0 unspecified atom stereocenters. The predicted octanol–water partition coefficient (Wildman–Crippen LogP) is 4.03. The second-order valence-electron chi connectivity index (χ2n) is 4.50. The van der Waals surface area contributed by atoms with E-state index < -0.39 is 0 Å². The van der Waals surface area contributed by atoms with Gasteiger partial charge in [-0.1, -0.05) is 6.42 Å². The van der Waals surface area contributed by atoms with Crippen molar-refractivity contribution in [2.45, 2.75) is 45.2 Å². The van der Waals surface area contributed by atoms with Gasteiger partial charge in [-0.25, -0.2) is 0 Å². The normalized spacial score (nSPS) is 15.8. The first-order valence-corrected chi connectivity index (χ1v) is 8.79. The molecule has 1 aliphatic carbocycles. The fourth-order valence-corrected chi connectivity index (χ4v) is 3.46. The largest absolute Gasteiger partial charge is 0.185 e. The molecule has 1 fully saturated rings. The Hall–Kier alpha value is 1.32. The van der Waals surface area contributed by atoms with E-state index in [0.29, 0.717) is 6.04 Å². The van der Waals surface area contributed by atoms with Crippen LogP contribution in [0.15, 0.2) is 12.4 Å². The first-order valence-electron chi connectivity index (χ1n) is 5.73. The number of aryl methyl sites for hydroxylation is 1. The molecule has 1 aliphatic rings. The second kappa shape index (κ2) is 7.80. The first-order chi connectivity index (χ1) is 7.93. The summed E-state index contributed by atoms with van der Waals surface area (Å²) in [5.74, 6) is 0. The van der Waals surface area contributed by atoms with Crippen LogP contribution in [0.4, 0.5) is 0 Å². The van der Waals surface area contributed by atoms with Gasteiger partial charge in [-0.3, -0.25) is 0 Å². The minimum absolute atomic E-state index is 0.564. The molecule has 2 rings (SSSR count). The molecule has 102 valence electrons. The van der Waals surface area contributed by atoms with E-state index in [4.69, 9.17) is 0 Å². The Balaban J connectivity index is 0.000000181. The number of hydrogen-bond donors (Lipinski definition) is 0. The van der Waals surface area contributed by atoms with E-state index >= 15 is 0 Å². The second-order valence-corrected chi connectivity index (χ2v) is 9.44. The molecule has 0 aromatic carbocycles. The number of imidazole rings is 1. The van der Waals surface area contributed by atoms with Crippen LogP contribution in [0.1, 0.15) is 39.2 Å². The summed E-state index contributed by atoms with van der Waals surface area (Å²) in [4.78, 5) is 0. The van der Waals surface area contributed by atoms with Gasteiger partial charge in [-0.15, -0.1) is 0 Å². The van der Waals surface area contributed by atoms with Crippen LogP contribution in [0.3, 0.4) is 0 Å². The van der Waals surface area contributed by atoms with Gasteiger partial charge in [0.15, 0.2) is 0 Å². The van der Waals surface area contributed by atoms with Gasteiger partial charge in [0.05, 0.1) is 0 Å². The molecular formula is C11H19I2N3Pt. The third kappa shape index (κ3) is 5.07. The Morgan fingerprint density at radius 1 is 1.35 bits per heavy atom. The fraction of sp³-hybridized carbons (Fsp3) is 0.727. The van der Waals surface area contributed by atoms with Crippen molar-refractivity contribution in [3.63, 3.8) is 0 Å².